The van der Waals surface area contributed by atoms with Crippen LogP contribution in [0.1, 0.15) is 22.3 Å². The number of ether oxygens (including phenoxy) is 1. The van der Waals surface area contributed by atoms with Crippen molar-refractivity contribution in [1.82, 2.24) is 4.57 Å². The fourth-order valence-corrected chi connectivity index (χ4v) is 2.61. The van der Waals surface area contributed by atoms with Crippen LogP contribution in [-0.2, 0) is 6.54 Å². The summed E-state index contributed by atoms with van der Waals surface area (Å²) < 4.78 is 7.87. The van der Waals surface area contributed by atoms with E-state index in [2.05, 4.69) is 11.5 Å². The molecule has 0 N–H and O–H groups in total. The molecule has 0 radical (unpaired) electrons. The first-order valence-corrected chi connectivity index (χ1v) is 7.50. The smallest absolute Gasteiger partial charge is 0.152 e. The van der Waals surface area contributed by atoms with E-state index in [-0.39, 0.29) is 0 Å². The zero-order chi connectivity index (χ0) is 15.4. The summed E-state index contributed by atoms with van der Waals surface area (Å²) >= 11 is 0. The van der Waals surface area contributed by atoms with Gasteiger partial charge in [-0.15, -0.1) is 0 Å². The van der Waals surface area contributed by atoms with Gasteiger partial charge in [-0.25, -0.2) is 0 Å². The lowest BCUT2D eigenvalue weighted by atomic mass is 10.2. The highest BCUT2D eigenvalue weighted by Crippen LogP contribution is 2.20. The van der Waals surface area contributed by atoms with Crippen LogP contribution < -0.4 is 4.74 Å². The molecule has 0 unspecified atom stereocenters. The predicted octanol–water partition coefficient (Wildman–Crippen LogP) is 4.23. The van der Waals surface area contributed by atoms with Crippen LogP contribution in [0.4, 0.5) is 0 Å². The van der Waals surface area contributed by atoms with E-state index in [0.29, 0.717) is 6.61 Å². The maximum Gasteiger partial charge on any atom is 0.152 e. The first kappa shape index (κ1) is 14.4. The molecule has 0 saturated heterocycles. The first-order chi connectivity index (χ1) is 10.8. The van der Waals surface area contributed by atoms with Crippen LogP contribution in [-0.4, -0.2) is 17.5 Å². The van der Waals surface area contributed by atoms with Gasteiger partial charge in [0.15, 0.2) is 6.29 Å². The molecule has 1 aromatic heterocycles. The average Bonchev–Trinajstić information content (AvgIpc) is 2.91. The molecule has 0 aliphatic rings. The molecule has 112 valence electrons. The molecule has 1 heterocycles. The molecule has 3 aromatic rings. The van der Waals surface area contributed by atoms with Gasteiger partial charge in [0.25, 0.3) is 0 Å². The van der Waals surface area contributed by atoms with Crippen molar-refractivity contribution < 1.29 is 9.53 Å². The third kappa shape index (κ3) is 3.03. The molecular weight excluding hydrogens is 274 g/mol. The van der Waals surface area contributed by atoms with Crippen molar-refractivity contribution in [2.45, 2.75) is 19.9 Å². The molecular formula is C19H19NO2. The molecule has 0 aliphatic heterocycles. The summed E-state index contributed by atoms with van der Waals surface area (Å²) in [5.41, 5.74) is 3.07. The first-order valence-electron chi connectivity index (χ1n) is 7.50. The lowest BCUT2D eigenvalue weighted by molar-refractivity contribution is 0.112. The highest BCUT2D eigenvalue weighted by Gasteiger charge is 2.06. The van der Waals surface area contributed by atoms with Gasteiger partial charge in [0.2, 0.25) is 0 Å². The number of hydrogen-bond donors (Lipinski definition) is 0. The third-order valence-corrected chi connectivity index (χ3v) is 3.78. The molecule has 0 aliphatic carbocycles. The number of rotatable bonds is 6. The van der Waals surface area contributed by atoms with E-state index in [1.54, 1.807) is 0 Å². The maximum atomic E-state index is 11.1. The van der Waals surface area contributed by atoms with E-state index in [9.17, 15) is 4.79 Å². The summed E-state index contributed by atoms with van der Waals surface area (Å²) in [6, 6.07) is 16.1. The molecule has 0 spiro atoms. The van der Waals surface area contributed by atoms with Crippen molar-refractivity contribution in [3.8, 4) is 5.75 Å². The van der Waals surface area contributed by atoms with Crippen LogP contribution in [0.25, 0.3) is 10.9 Å². The normalized spacial score (nSPS) is 10.8. The van der Waals surface area contributed by atoms with Gasteiger partial charge >= 0.3 is 0 Å². The van der Waals surface area contributed by atoms with Crippen LogP contribution in [0.3, 0.4) is 0 Å². The van der Waals surface area contributed by atoms with Gasteiger partial charge < -0.3 is 9.30 Å². The Kier molecular flexibility index (Phi) is 4.24. The summed E-state index contributed by atoms with van der Waals surface area (Å²) in [6.45, 7) is 3.55. The largest absolute Gasteiger partial charge is 0.494 e. The summed E-state index contributed by atoms with van der Waals surface area (Å²) in [6.07, 6.45) is 3.73. The maximum absolute atomic E-state index is 11.1. The summed E-state index contributed by atoms with van der Waals surface area (Å²) in [7, 11) is 0. The number of benzene rings is 2. The number of para-hydroxylation sites is 1. The lowest BCUT2D eigenvalue weighted by Gasteiger charge is -2.08. The zero-order valence-electron chi connectivity index (χ0n) is 12.7. The quantitative estimate of drug-likeness (QED) is 0.503. The summed E-state index contributed by atoms with van der Waals surface area (Å²) in [5, 5.41) is 1.01. The zero-order valence-corrected chi connectivity index (χ0v) is 12.7. The monoisotopic (exact) mass is 293 g/mol. The van der Waals surface area contributed by atoms with Crippen LogP contribution >= 0.6 is 0 Å². The predicted molar refractivity (Wildman–Crippen MR) is 88.6 cm³/mol. The number of hydrogen-bond acceptors (Lipinski definition) is 2. The second kappa shape index (κ2) is 6.48. The van der Waals surface area contributed by atoms with E-state index < -0.39 is 0 Å². The minimum absolute atomic E-state index is 0.659. The molecule has 0 fully saturated rings. The van der Waals surface area contributed by atoms with Gasteiger partial charge in [-0.05, 0) is 31.5 Å². The van der Waals surface area contributed by atoms with Crippen LogP contribution in [0.5, 0.6) is 5.75 Å². The van der Waals surface area contributed by atoms with E-state index in [4.69, 9.17) is 4.74 Å². The Morgan fingerprint density at radius 2 is 1.86 bits per heavy atom. The van der Waals surface area contributed by atoms with Crippen molar-refractivity contribution in [3.63, 3.8) is 0 Å². The van der Waals surface area contributed by atoms with E-state index >= 15 is 0 Å². The van der Waals surface area contributed by atoms with E-state index in [0.717, 1.165) is 41.5 Å². The fraction of sp³-hybridized carbons (Fsp3) is 0.211. The van der Waals surface area contributed by atoms with Gasteiger partial charge in [-0.2, -0.15) is 0 Å². The fourth-order valence-electron chi connectivity index (χ4n) is 2.61. The standard InChI is InChI=1S/C19H19NO2/c1-15-7-9-17(10-8-15)22-12-4-11-20-13-16(14-21)18-5-2-3-6-19(18)20/h2-3,5-10,13-14H,4,11-12H2,1H3. The number of aromatic nitrogens is 1. The minimum atomic E-state index is 0.659. The Labute approximate surface area is 130 Å². The van der Waals surface area contributed by atoms with Gasteiger partial charge in [0, 0.05) is 29.2 Å². The lowest BCUT2D eigenvalue weighted by Crippen LogP contribution is -2.03. The number of fused-ring (bicyclic) bond motifs is 1. The molecule has 3 nitrogen and oxygen atoms in total. The van der Waals surface area contributed by atoms with Crippen molar-refractivity contribution in [1.29, 1.82) is 0 Å². The van der Waals surface area contributed by atoms with Gasteiger partial charge in [0.05, 0.1) is 6.61 Å². The van der Waals surface area contributed by atoms with Crippen LogP contribution in [0.15, 0.2) is 54.7 Å². The highest BCUT2D eigenvalue weighted by atomic mass is 16.5. The number of aryl methyl sites for hydroxylation is 2. The Hall–Kier alpha value is -2.55. The van der Waals surface area contributed by atoms with Crippen LogP contribution in [0.2, 0.25) is 0 Å². The second-order valence-corrected chi connectivity index (χ2v) is 5.43. The topological polar surface area (TPSA) is 31.2 Å². The van der Waals surface area contributed by atoms with Crippen molar-refractivity contribution in [2.75, 3.05) is 6.61 Å². The van der Waals surface area contributed by atoms with E-state index in [1.807, 2.05) is 54.7 Å². The van der Waals surface area contributed by atoms with Gasteiger partial charge in [-0.3, -0.25) is 4.79 Å². The number of carbonyl (C=O) groups is 1. The summed E-state index contributed by atoms with van der Waals surface area (Å²) in [4.78, 5) is 11.1. The number of carbonyl (C=O) groups excluding carboxylic acids is 1. The summed E-state index contributed by atoms with van der Waals surface area (Å²) in [5.74, 6) is 0.900. The molecule has 3 rings (SSSR count). The molecule has 2 aromatic carbocycles. The molecule has 0 saturated carbocycles. The van der Waals surface area contributed by atoms with Gasteiger partial charge in [-0.1, -0.05) is 35.9 Å². The Balaban J connectivity index is 1.62. The molecule has 0 atom stereocenters. The van der Waals surface area contributed by atoms with Crippen molar-refractivity contribution >= 4 is 17.2 Å². The molecule has 3 heteroatoms. The average molecular weight is 293 g/mol. The molecule has 22 heavy (non-hydrogen) atoms. The van der Waals surface area contributed by atoms with E-state index in [1.165, 1.54) is 5.56 Å². The van der Waals surface area contributed by atoms with Crippen molar-refractivity contribution in [3.05, 3.63) is 65.9 Å². The minimum Gasteiger partial charge on any atom is -0.494 e. The molecule has 0 amide bonds. The Morgan fingerprint density at radius 3 is 2.64 bits per heavy atom. The highest BCUT2D eigenvalue weighted by molar-refractivity contribution is 5.97. The SMILES string of the molecule is Cc1ccc(OCCCn2cc(C=O)c3ccccc32)cc1. The molecule has 0 bridgehead atoms. The van der Waals surface area contributed by atoms with Gasteiger partial charge in [0.1, 0.15) is 5.75 Å². The van der Waals surface area contributed by atoms with Crippen molar-refractivity contribution in [2.24, 2.45) is 0 Å². The Morgan fingerprint density at radius 1 is 1.09 bits per heavy atom. The second-order valence-electron chi connectivity index (χ2n) is 5.43. The number of aldehydes is 1. The Bertz CT molecular complexity index is 772. The third-order valence-electron chi connectivity index (χ3n) is 3.78. The number of nitrogens with zero attached hydrogens (tertiary/aromatic N) is 1. The van der Waals surface area contributed by atoms with Crippen LogP contribution in [0, 0.1) is 6.92 Å².